The summed E-state index contributed by atoms with van der Waals surface area (Å²) in [6.07, 6.45) is 0. The minimum atomic E-state index is -0.242. The topological polar surface area (TPSA) is 76.8 Å². The first-order chi connectivity index (χ1) is 9.38. The molecule has 0 spiro atoms. The van der Waals surface area contributed by atoms with E-state index in [1.54, 1.807) is 12.1 Å². The highest BCUT2D eigenvalue weighted by Crippen LogP contribution is 2.30. The lowest BCUT2D eigenvalue weighted by molar-refractivity contribution is 0.0934. The number of benzene rings is 1. The first-order valence-electron chi connectivity index (χ1n) is 6.36. The molecule has 0 saturated carbocycles. The number of ether oxygens (including phenoxy) is 2. The van der Waals surface area contributed by atoms with E-state index >= 15 is 0 Å². The van der Waals surface area contributed by atoms with Crippen molar-refractivity contribution in [2.24, 2.45) is 0 Å². The van der Waals surface area contributed by atoms with E-state index in [2.05, 4.69) is 5.32 Å². The number of hydrogen-bond acceptors (Lipinski definition) is 5. The van der Waals surface area contributed by atoms with Crippen LogP contribution in [0.3, 0.4) is 0 Å². The van der Waals surface area contributed by atoms with Gasteiger partial charge in [0.1, 0.15) is 11.5 Å². The molecule has 1 rings (SSSR count). The van der Waals surface area contributed by atoms with Gasteiger partial charge in [-0.3, -0.25) is 4.79 Å². The minimum absolute atomic E-state index is 0.00842. The van der Waals surface area contributed by atoms with Gasteiger partial charge in [-0.15, -0.1) is 0 Å². The van der Waals surface area contributed by atoms with E-state index in [-0.39, 0.29) is 11.9 Å². The number of hydrogen-bond donors (Lipinski definition) is 2. The van der Waals surface area contributed by atoms with Crippen LogP contribution in [0.15, 0.2) is 12.1 Å². The fraction of sp³-hybridized carbons (Fsp3) is 0.500. The van der Waals surface area contributed by atoms with Crippen LogP contribution in [0.4, 0.5) is 5.69 Å². The Morgan fingerprint density at radius 1 is 1.35 bits per heavy atom. The Balaban J connectivity index is 2.97. The second-order valence-corrected chi connectivity index (χ2v) is 4.93. The molecule has 0 aliphatic heterocycles. The molecule has 6 nitrogen and oxygen atoms in total. The Morgan fingerprint density at radius 3 is 2.50 bits per heavy atom. The fourth-order valence-corrected chi connectivity index (χ4v) is 1.97. The molecule has 3 N–H and O–H groups in total. The molecule has 112 valence electrons. The maximum absolute atomic E-state index is 12.3. The summed E-state index contributed by atoms with van der Waals surface area (Å²) in [4.78, 5) is 14.3. The van der Waals surface area contributed by atoms with Crippen LogP contribution in [0.2, 0.25) is 0 Å². The Labute approximate surface area is 119 Å². The predicted octanol–water partition coefficient (Wildman–Crippen LogP) is 0.966. The highest BCUT2D eigenvalue weighted by molar-refractivity contribution is 6.01. The Kier molecular flexibility index (Phi) is 5.64. The van der Waals surface area contributed by atoms with Gasteiger partial charge in [-0.25, -0.2) is 0 Å². The van der Waals surface area contributed by atoms with Gasteiger partial charge in [0.25, 0.3) is 5.91 Å². The van der Waals surface area contributed by atoms with Gasteiger partial charge in [0.05, 0.1) is 25.5 Å². The molecule has 0 heterocycles. The van der Waals surface area contributed by atoms with E-state index in [1.807, 2.05) is 25.9 Å². The van der Waals surface area contributed by atoms with E-state index in [0.29, 0.717) is 22.7 Å². The van der Waals surface area contributed by atoms with Crippen molar-refractivity contribution in [1.82, 2.24) is 10.2 Å². The van der Waals surface area contributed by atoms with Crippen LogP contribution in [-0.4, -0.2) is 51.7 Å². The molecule has 0 bridgehead atoms. The predicted molar refractivity (Wildman–Crippen MR) is 79.4 cm³/mol. The van der Waals surface area contributed by atoms with Gasteiger partial charge in [-0.1, -0.05) is 0 Å². The van der Waals surface area contributed by atoms with Crippen molar-refractivity contribution in [3.63, 3.8) is 0 Å². The molecular formula is C14H23N3O3. The zero-order valence-electron chi connectivity index (χ0n) is 12.7. The van der Waals surface area contributed by atoms with Gasteiger partial charge in [-0.05, 0) is 27.1 Å². The van der Waals surface area contributed by atoms with Gasteiger partial charge < -0.3 is 25.4 Å². The number of nitrogens with one attached hydrogen (secondary N) is 1. The Hall–Kier alpha value is -1.95. The minimum Gasteiger partial charge on any atom is -0.497 e. The lowest BCUT2D eigenvalue weighted by Crippen LogP contribution is -2.39. The summed E-state index contributed by atoms with van der Waals surface area (Å²) in [5.74, 6) is 0.713. The molecule has 6 heteroatoms. The number of methoxy groups -OCH3 is 2. The van der Waals surface area contributed by atoms with Crippen LogP contribution in [0, 0.1) is 0 Å². The number of anilines is 1. The molecule has 1 aromatic rings. The van der Waals surface area contributed by atoms with Crippen molar-refractivity contribution in [1.29, 1.82) is 0 Å². The van der Waals surface area contributed by atoms with Crippen molar-refractivity contribution < 1.29 is 14.3 Å². The summed E-state index contributed by atoms with van der Waals surface area (Å²) in [5, 5.41) is 2.90. The normalized spacial score (nSPS) is 12.1. The van der Waals surface area contributed by atoms with Gasteiger partial charge in [0, 0.05) is 18.7 Å². The van der Waals surface area contributed by atoms with E-state index < -0.39 is 0 Å². The van der Waals surface area contributed by atoms with Gasteiger partial charge >= 0.3 is 0 Å². The average molecular weight is 281 g/mol. The lowest BCUT2D eigenvalue weighted by atomic mass is 10.1. The van der Waals surface area contributed by atoms with Crippen LogP contribution < -0.4 is 20.5 Å². The largest absolute Gasteiger partial charge is 0.497 e. The smallest absolute Gasteiger partial charge is 0.253 e. The molecule has 0 aliphatic rings. The number of carbonyl (C=O) groups excluding carboxylic acids is 1. The average Bonchev–Trinajstić information content (AvgIpc) is 2.37. The van der Waals surface area contributed by atoms with Crippen LogP contribution in [0.1, 0.15) is 17.3 Å². The summed E-state index contributed by atoms with van der Waals surface area (Å²) in [5.41, 5.74) is 6.61. The van der Waals surface area contributed by atoms with Crippen LogP contribution >= 0.6 is 0 Å². The number of likely N-dealkylation sites (N-methyl/N-ethyl adjacent to an activating group) is 1. The van der Waals surface area contributed by atoms with Gasteiger partial charge in [-0.2, -0.15) is 0 Å². The third-order valence-corrected chi connectivity index (χ3v) is 2.83. The number of amides is 1. The first kappa shape index (κ1) is 16.1. The summed E-state index contributed by atoms with van der Waals surface area (Å²) in [6, 6.07) is 3.26. The van der Waals surface area contributed by atoms with Crippen molar-refractivity contribution >= 4 is 11.6 Å². The standard InChI is InChI=1S/C14H23N3O3/c1-9(8-17(2)3)16-14(18)11-6-10(19-4)7-12(20-5)13(11)15/h6-7,9H,8,15H2,1-5H3,(H,16,18). The number of nitrogen functional groups attached to an aromatic ring is 1. The van der Waals surface area contributed by atoms with Crippen LogP contribution in [-0.2, 0) is 0 Å². The molecular weight excluding hydrogens is 258 g/mol. The molecule has 1 aromatic carbocycles. The zero-order valence-corrected chi connectivity index (χ0v) is 12.7. The quantitative estimate of drug-likeness (QED) is 0.760. The maximum atomic E-state index is 12.3. The molecule has 0 saturated heterocycles. The number of carbonyl (C=O) groups is 1. The highest BCUT2D eigenvalue weighted by Gasteiger charge is 2.17. The number of nitrogens with two attached hydrogens (primary N) is 1. The summed E-state index contributed by atoms with van der Waals surface area (Å²) in [6.45, 7) is 2.68. The van der Waals surface area contributed by atoms with E-state index in [0.717, 1.165) is 6.54 Å². The van der Waals surface area contributed by atoms with Crippen molar-refractivity contribution in [2.75, 3.05) is 40.6 Å². The molecule has 0 radical (unpaired) electrons. The van der Waals surface area contributed by atoms with E-state index in [4.69, 9.17) is 15.2 Å². The molecule has 0 aromatic heterocycles. The molecule has 1 atom stereocenters. The Bertz CT molecular complexity index is 475. The third-order valence-electron chi connectivity index (χ3n) is 2.83. The Morgan fingerprint density at radius 2 is 2.00 bits per heavy atom. The summed E-state index contributed by atoms with van der Waals surface area (Å²) in [7, 11) is 6.93. The monoisotopic (exact) mass is 281 g/mol. The van der Waals surface area contributed by atoms with Crippen LogP contribution in [0.25, 0.3) is 0 Å². The number of rotatable bonds is 6. The summed E-state index contributed by atoms with van der Waals surface area (Å²) < 4.78 is 10.3. The second-order valence-electron chi connectivity index (χ2n) is 4.93. The van der Waals surface area contributed by atoms with E-state index in [1.165, 1.54) is 14.2 Å². The highest BCUT2D eigenvalue weighted by atomic mass is 16.5. The van der Waals surface area contributed by atoms with Crippen LogP contribution in [0.5, 0.6) is 11.5 Å². The molecule has 0 fully saturated rings. The number of nitrogens with zero attached hydrogens (tertiary/aromatic N) is 1. The molecule has 0 aliphatic carbocycles. The molecule has 1 unspecified atom stereocenters. The second kappa shape index (κ2) is 7.00. The zero-order chi connectivity index (χ0) is 15.3. The SMILES string of the molecule is COc1cc(OC)c(N)c(C(=O)NC(C)CN(C)C)c1. The van der Waals surface area contributed by atoms with Crippen molar-refractivity contribution in [3.05, 3.63) is 17.7 Å². The lowest BCUT2D eigenvalue weighted by Gasteiger charge is -2.19. The first-order valence-corrected chi connectivity index (χ1v) is 6.36. The van der Waals surface area contributed by atoms with Crippen molar-refractivity contribution in [3.8, 4) is 11.5 Å². The van der Waals surface area contributed by atoms with Crippen molar-refractivity contribution in [2.45, 2.75) is 13.0 Å². The van der Waals surface area contributed by atoms with Gasteiger partial charge in [0.15, 0.2) is 0 Å². The molecule has 20 heavy (non-hydrogen) atoms. The fourth-order valence-electron chi connectivity index (χ4n) is 1.97. The maximum Gasteiger partial charge on any atom is 0.253 e. The van der Waals surface area contributed by atoms with E-state index in [9.17, 15) is 4.79 Å². The molecule has 1 amide bonds. The third kappa shape index (κ3) is 4.03. The van der Waals surface area contributed by atoms with Gasteiger partial charge in [0.2, 0.25) is 0 Å². The summed E-state index contributed by atoms with van der Waals surface area (Å²) >= 11 is 0.